The maximum atomic E-state index is 6.12. The number of ether oxygens (including phenoxy) is 6. The molecule has 0 bridgehead atoms. The van der Waals surface area contributed by atoms with Gasteiger partial charge in [0.05, 0.1) is 51.6 Å². The van der Waals surface area contributed by atoms with Crippen LogP contribution in [0, 0.1) is 0 Å². The molecule has 0 amide bonds. The molecular weight excluding hydrogens is 756 g/mol. The lowest BCUT2D eigenvalue weighted by atomic mass is 9.76. The van der Waals surface area contributed by atoms with Crippen molar-refractivity contribution in [2.75, 3.05) is 42.7 Å². The van der Waals surface area contributed by atoms with Crippen LogP contribution in [0.1, 0.15) is 62.9 Å². The van der Waals surface area contributed by atoms with Gasteiger partial charge in [-0.3, -0.25) is 0 Å². The van der Waals surface area contributed by atoms with E-state index in [4.69, 9.17) is 28.4 Å². The Morgan fingerprint density at radius 3 is 1.55 bits per heavy atom. The highest BCUT2D eigenvalue weighted by atomic mass is 79.9. The van der Waals surface area contributed by atoms with Gasteiger partial charge in [0.25, 0.3) is 0 Å². The minimum atomic E-state index is -0.186. The van der Waals surface area contributed by atoms with Crippen LogP contribution < -0.4 is 28.4 Å². The lowest BCUT2D eigenvalue weighted by molar-refractivity contribution is 0.383. The molecule has 3 unspecified atom stereocenters. The van der Waals surface area contributed by atoms with Crippen LogP contribution in [0.15, 0.2) is 69.6 Å². The van der Waals surface area contributed by atoms with E-state index in [2.05, 4.69) is 79.0 Å². The van der Waals surface area contributed by atoms with Gasteiger partial charge in [-0.1, -0.05) is 47.1 Å². The van der Waals surface area contributed by atoms with Gasteiger partial charge in [0, 0.05) is 45.8 Å². The van der Waals surface area contributed by atoms with Gasteiger partial charge in [-0.15, -0.1) is 0 Å². The van der Waals surface area contributed by atoms with Crippen molar-refractivity contribution in [1.29, 1.82) is 0 Å². The molecule has 0 aliphatic heterocycles. The molecule has 0 N–H and O–H groups in total. The standard InChI is InChI=1S/C35H35Br3O6/c1-18(19-8-12-21(39-2)13-9-19)27-23(41-4)16-25(43-6)33(36)31(27)30-28(20-10-14-22(40-3)15-11-20)35(38)32-29(30)24(42-5)17-26(44-7)34(32)37/h8-18,28,30,35H,1-7H3/t18-,28?,30?,35?/m1/s1. The molecule has 4 aromatic rings. The van der Waals surface area contributed by atoms with Crippen molar-refractivity contribution < 1.29 is 28.4 Å². The topological polar surface area (TPSA) is 55.4 Å². The van der Waals surface area contributed by atoms with Gasteiger partial charge in [0.15, 0.2) is 0 Å². The predicted octanol–water partition coefficient (Wildman–Crippen LogP) is 9.78. The zero-order chi connectivity index (χ0) is 31.7. The first-order valence-electron chi connectivity index (χ1n) is 14.0. The number of hydrogen-bond donors (Lipinski definition) is 0. The summed E-state index contributed by atoms with van der Waals surface area (Å²) in [6.07, 6.45) is 0. The molecule has 232 valence electrons. The highest BCUT2D eigenvalue weighted by molar-refractivity contribution is 9.11. The predicted molar refractivity (Wildman–Crippen MR) is 184 cm³/mol. The summed E-state index contributed by atoms with van der Waals surface area (Å²) >= 11 is 12.0. The van der Waals surface area contributed by atoms with Gasteiger partial charge >= 0.3 is 0 Å². The molecule has 1 aliphatic carbocycles. The highest BCUT2D eigenvalue weighted by Gasteiger charge is 2.48. The van der Waals surface area contributed by atoms with Gasteiger partial charge in [0.1, 0.15) is 34.5 Å². The number of hydrogen-bond acceptors (Lipinski definition) is 6. The lowest BCUT2D eigenvalue weighted by Gasteiger charge is -2.31. The minimum absolute atomic E-state index is 0.0462. The largest absolute Gasteiger partial charge is 0.497 e. The summed E-state index contributed by atoms with van der Waals surface area (Å²) in [5.74, 6) is 4.18. The van der Waals surface area contributed by atoms with Crippen molar-refractivity contribution in [3.8, 4) is 34.5 Å². The molecule has 9 heteroatoms. The molecule has 4 atom stereocenters. The van der Waals surface area contributed by atoms with Gasteiger partial charge in [-0.2, -0.15) is 0 Å². The van der Waals surface area contributed by atoms with Crippen LogP contribution in [0.5, 0.6) is 34.5 Å². The van der Waals surface area contributed by atoms with E-state index in [1.807, 2.05) is 36.4 Å². The Morgan fingerprint density at radius 1 is 0.568 bits per heavy atom. The summed E-state index contributed by atoms with van der Waals surface area (Å²) in [6.45, 7) is 2.20. The molecule has 6 nitrogen and oxygen atoms in total. The van der Waals surface area contributed by atoms with E-state index in [1.54, 1.807) is 42.7 Å². The summed E-state index contributed by atoms with van der Waals surface area (Å²) in [5, 5.41) is 0. The monoisotopic (exact) mass is 788 g/mol. The van der Waals surface area contributed by atoms with Crippen LogP contribution in [-0.2, 0) is 0 Å². The van der Waals surface area contributed by atoms with Crippen molar-refractivity contribution in [2.45, 2.75) is 29.5 Å². The molecule has 0 spiro atoms. The fourth-order valence-electron chi connectivity index (χ4n) is 6.36. The van der Waals surface area contributed by atoms with Gasteiger partial charge in [0.2, 0.25) is 0 Å². The normalized spacial score (nSPS) is 17.9. The number of fused-ring (bicyclic) bond motifs is 1. The zero-order valence-electron chi connectivity index (χ0n) is 25.7. The third-order valence-electron chi connectivity index (χ3n) is 8.54. The summed E-state index contributed by atoms with van der Waals surface area (Å²) in [5.41, 5.74) is 6.50. The molecule has 0 fully saturated rings. The van der Waals surface area contributed by atoms with Crippen molar-refractivity contribution >= 4 is 47.8 Å². The van der Waals surface area contributed by atoms with E-state index in [-0.39, 0.29) is 22.6 Å². The zero-order valence-corrected chi connectivity index (χ0v) is 30.4. The van der Waals surface area contributed by atoms with E-state index < -0.39 is 0 Å². The smallest absolute Gasteiger partial charge is 0.137 e. The fourth-order valence-corrected chi connectivity index (χ4v) is 9.23. The van der Waals surface area contributed by atoms with Crippen molar-refractivity contribution in [1.82, 2.24) is 0 Å². The Morgan fingerprint density at radius 2 is 1.05 bits per heavy atom. The van der Waals surface area contributed by atoms with Crippen LogP contribution in [0.3, 0.4) is 0 Å². The summed E-state index contributed by atoms with van der Waals surface area (Å²) < 4.78 is 36.6. The third kappa shape index (κ3) is 5.56. The van der Waals surface area contributed by atoms with Gasteiger partial charge < -0.3 is 28.4 Å². The maximum absolute atomic E-state index is 6.12. The minimum Gasteiger partial charge on any atom is -0.497 e. The first kappa shape index (κ1) is 32.5. The van der Waals surface area contributed by atoms with Crippen molar-refractivity contribution in [3.05, 3.63) is 103 Å². The molecule has 44 heavy (non-hydrogen) atoms. The van der Waals surface area contributed by atoms with Gasteiger partial charge in [-0.05, 0) is 78.4 Å². The third-order valence-corrected chi connectivity index (χ3v) is 11.2. The highest BCUT2D eigenvalue weighted by Crippen LogP contribution is 2.65. The quantitative estimate of drug-likeness (QED) is 0.149. The SMILES string of the molecule is COc1ccc(C2C(Br)c3c(Br)c(OC)cc(OC)c3C2c2c(Br)c(OC)cc(OC)c2[C@H](C)c2ccc(OC)cc2)cc1. The van der Waals surface area contributed by atoms with Crippen molar-refractivity contribution in [2.24, 2.45) is 0 Å². The van der Waals surface area contributed by atoms with Crippen LogP contribution in [0.2, 0.25) is 0 Å². The molecule has 4 aromatic carbocycles. The Hall–Kier alpha value is -2.88. The number of methoxy groups -OCH3 is 6. The van der Waals surface area contributed by atoms with Crippen molar-refractivity contribution in [3.63, 3.8) is 0 Å². The fraction of sp³-hybridized carbons (Fsp3) is 0.314. The summed E-state index contributed by atoms with van der Waals surface area (Å²) in [4.78, 5) is -0.0949. The number of alkyl halides is 1. The Bertz CT molecular complexity index is 1640. The first-order chi connectivity index (χ1) is 21.2. The molecule has 0 saturated heterocycles. The second-order valence-corrected chi connectivity index (χ2v) is 13.1. The molecular formula is C35H35Br3O6. The Labute approximate surface area is 284 Å². The lowest BCUT2D eigenvalue weighted by Crippen LogP contribution is -2.16. The molecule has 0 radical (unpaired) electrons. The molecule has 0 heterocycles. The van der Waals surface area contributed by atoms with E-state index in [1.165, 1.54) is 0 Å². The average molecular weight is 791 g/mol. The molecule has 1 aliphatic rings. The Balaban J connectivity index is 1.88. The second-order valence-electron chi connectivity index (χ2n) is 10.5. The first-order valence-corrected chi connectivity index (χ1v) is 16.5. The number of benzene rings is 4. The average Bonchev–Trinajstić information content (AvgIpc) is 3.37. The van der Waals surface area contributed by atoms with E-state index in [0.717, 1.165) is 65.3 Å². The number of rotatable bonds is 10. The van der Waals surface area contributed by atoms with Gasteiger partial charge in [-0.25, -0.2) is 0 Å². The van der Waals surface area contributed by atoms with Crippen LogP contribution in [-0.4, -0.2) is 42.7 Å². The second kappa shape index (κ2) is 13.6. The van der Waals surface area contributed by atoms with E-state index >= 15 is 0 Å². The number of halogens is 3. The maximum Gasteiger partial charge on any atom is 0.137 e. The summed E-state index contributed by atoms with van der Waals surface area (Å²) in [7, 11) is 10.1. The molecule has 0 saturated carbocycles. The summed E-state index contributed by atoms with van der Waals surface area (Å²) in [6, 6.07) is 20.3. The molecule has 5 rings (SSSR count). The van der Waals surface area contributed by atoms with Crippen LogP contribution in [0.25, 0.3) is 0 Å². The molecule has 0 aromatic heterocycles. The van der Waals surface area contributed by atoms with E-state index in [0.29, 0.717) is 11.5 Å². The van der Waals surface area contributed by atoms with Crippen LogP contribution >= 0.6 is 47.8 Å². The van der Waals surface area contributed by atoms with E-state index in [9.17, 15) is 0 Å². The van der Waals surface area contributed by atoms with Crippen LogP contribution in [0.4, 0.5) is 0 Å². The Kier molecular flexibility index (Phi) is 10.1.